The lowest BCUT2D eigenvalue weighted by Crippen LogP contribution is -2.23. The molecule has 0 saturated heterocycles. The molecule has 0 bridgehead atoms. The van der Waals surface area contributed by atoms with Crippen LogP contribution in [0.25, 0.3) is 11.4 Å². The third-order valence-electron chi connectivity index (χ3n) is 3.14. The summed E-state index contributed by atoms with van der Waals surface area (Å²) in [4.78, 5) is 12.4. The summed E-state index contributed by atoms with van der Waals surface area (Å²) in [5.41, 5.74) is 2.07. The highest BCUT2D eigenvalue weighted by Gasteiger charge is 2.10. The Morgan fingerprint density at radius 2 is 1.62 bits per heavy atom. The SMILES string of the molecule is COc1ccc(-n2nnn(-c3cccc(C)c3)c2=O)cc1. The minimum Gasteiger partial charge on any atom is -0.497 e. The Kier molecular flexibility index (Phi) is 3.27. The molecule has 6 nitrogen and oxygen atoms in total. The lowest BCUT2D eigenvalue weighted by Gasteiger charge is -2.01. The van der Waals surface area contributed by atoms with Crippen molar-refractivity contribution in [1.82, 2.24) is 19.8 Å². The smallest absolute Gasteiger partial charge is 0.373 e. The van der Waals surface area contributed by atoms with Crippen LogP contribution in [0.5, 0.6) is 5.75 Å². The molecule has 3 aromatic rings. The van der Waals surface area contributed by atoms with Crippen LogP contribution in [0.1, 0.15) is 5.56 Å². The number of hydrogen-bond donors (Lipinski definition) is 0. The minimum absolute atomic E-state index is 0.314. The Bertz CT molecular complexity index is 818. The van der Waals surface area contributed by atoms with Crippen molar-refractivity contribution in [1.29, 1.82) is 0 Å². The van der Waals surface area contributed by atoms with E-state index in [1.165, 1.54) is 9.36 Å². The molecule has 0 unspecified atom stereocenters. The van der Waals surface area contributed by atoms with Crippen molar-refractivity contribution in [3.8, 4) is 17.1 Å². The van der Waals surface area contributed by atoms with E-state index < -0.39 is 0 Å². The minimum atomic E-state index is -0.314. The number of aryl methyl sites for hydroxylation is 1. The molecule has 6 heteroatoms. The predicted molar refractivity (Wildman–Crippen MR) is 78.2 cm³/mol. The first-order chi connectivity index (χ1) is 10.2. The summed E-state index contributed by atoms with van der Waals surface area (Å²) in [6.07, 6.45) is 0. The highest BCUT2D eigenvalue weighted by Crippen LogP contribution is 2.13. The fraction of sp³-hybridized carbons (Fsp3) is 0.133. The summed E-state index contributed by atoms with van der Waals surface area (Å²) >= 11 is 0. The average molecular weight is 282 g/mol. The predicted octanol–water partition coefficient (Wildman–Crippen LogP) is 1.74. The molecule has 0 aliphatic rings. The normalized spacial score (nSPS) is 10.6. The summed E-state index contributed by atoms with van der Waals surface area (Å²) in [7, 11) is 1.59. The van der Waals surface area contributed by atoms with Gasteiger partial charge in [0.05, 0.1) is 18.5 Å². The van der Waals surface area contributed by atoms with Gasteiger partial charge in [-0.25, -0.2) is 4.79 Å². The number of rotatable bonds is 3. The van der Waals surface area contributed by atoms with Crippen LogP contribution in [-0.2, 0) is 0 Å². The third kappa shape index (κ3) is 2.43. The molecule has 0 aliphatic heterocycles. The van der Waals surface area contributed by atoms with Crippen molar-refractivity contribution in [2.24, 2.45) is 0 Å². The molecular weight excluding hydrogens is 268 g/mol. The number of tetrazole rings is 1. The van der Waals surface area contributed by atoms with Crippen LogP contribution in [-0.4, -0.2) is 26.9 Å². The van der Waals surface area contributed by atoms with Gasteiger partial charge in [0.2, 0.25) is 0 Å². The van der Waals surface area contributed by atoms with E-state index in [-0.39, 0.29) is 5.69 Å². The summed E-state index contributed by atoms with van der Waals surface area (Å²) in [5.74, 6) is 0.720. The van der Waals surface area contributed by atoms with Gasteiger partial charge in [-0.2, -0.15) is 9.36 Å². The molecule has 1 aromatic heterocycles. The largest absolute Gasteiger partial charge is 0.497 e. The molecule has 0 radical (unpaired) electrons. The zero-order valence-electron chi connectivity index (χ0n) is 11.7. The monoisotopic (exact) mass is 282 g/mol. The molecule has 0 saturated carbocycles. The second kappa shape index (κ2) is 5.24. The van der Waals surface area contributed by atoms with Crippen molar-refractivity contribution in [2.45, 2.75) is 6.92 Å². The van der Waals surface area contributed by atoms with Gasteiger partial charge in [-0.1, -0.05) is 12.1 Å². The van der Waals surface area contributed by atoms with Crippen LogP contribution in [0.2, 0.25) is 0 Å². The fourth-order valence-electron chi connectivity index (χ4n) is 2.05. The van der Waals surface area contributed by atoms with Gasteiger partial charge in [0.15, 0.2) is 0 Å². The van der Waals surface area contributed by atoms with Gasteiger partial charge in [0.1, 0.15) is 5.75 Å². The second-order valence-electron chi connectivity index (χ2n) is 4.62. The highest BCUT2D eigenvalue weighted by atomic mass is 16.5. The van der Waals surface area contributed by atoms with Crippen molar-refractivity contribution in [2.75, 3.05) is 7.11 Å². The third-order valence-corrected chi connectivity index (χ3v) is 3.14. The van der Waals surface area contributed by atoms with E-state index in [0.717, 1.165) is 11.3 Å². The van der Waals surface area contributed by atoms with Crippen LogP contribution < -0.4 is 10.4 Å². The zero-order chi connectivity index (χ0) is 14.8. The van der Waals surface area contributed by atoms with E-state index in [1.54, 1.807) is 31.4 Å². The number of methoxy groups -OCH3 is 1. The van der Waals surface area contributed by atoms with Gasteiger partial charge in [-0.15, -0.1) is 0 Å². The number of nitrogens with zero attached hydrogens (tertiary/aromatic N) is 4. The topological polar surface area (TPSA) is 61.9 Å². The lowest BCUT2D eigenvalue weighted by molar-refractivity contribution is 0.414. The molecule has 21 heavy (non-hydrogen) atoms. The van der Waals surface area contributed by atoms with Crippen LogP contribution in [0.15, 0.2) is 53.3 Å². The Hall–Kier alpha value is -2.89. The summed E-state index contributed by atoms with van der Waals surface area (Å²) in [6.45, 7) is 1.96. The van der Waals surface area contributed by atoms with Gasteiger partial charge in [-0.05, 0) is 59.3 Å². The van der Waals surface area contributed by atoms with Crippen LogP contribution in [0.4, 0.5) is 0 Å². The Balaban J connectivity index is 2.04. The van der Waals surface area contributed by atoms with Gasteiger partial charge in [0.25, 0.3) is 0 Å². The van der Waals surface area contributed by atoms with Crippen LogP contribution in [0.3, 0.4) is 0 Å². The molecule has 0 atom stereocenters. The molecule has 0 fully saturated rings. The number of ether oxygens (including phenoxy) is 1. The molecular formula is C15H14N4O2. The molecule has 0 aliphatic carbocycles. The van der Waals surface area contributed by atoms with Gasteiger partial charge >= 0.3 is 5.69 Å². The van der Waals surface area contributed by atoms with Gasteiger partial charge in [0, 0.05) is 0 Å². The van der Waals surface area contributed by atoms with Gasteiger partial charge in [-0.3, -0.25) is 0 Å². The van der Waals surface area contributed by atoms with Crippen LogP contribution >= 0.6 is 0 Å². The highest BCUT2D eigenvalue weighted by molar-refractivity contribution is 5.37. The molecule has 1 heterocycles. The van der Waals surface area contributed by atoms with Crippen molar-refractivity contribution in [3.63, 3.8) is 0 Å². The Morgan fingerprint density at radius 1 is 0.952 bits per heavy atom. The average Bonchev–Trinajstić information content (AvgIpc) is 2.89. The Morgan fingerprint density at radius 3 is 2.24 bits per heavy atom. The fourth-order valence-corrected chi connectivity index (χ4v) is 2.05. The van der Waals surface area contributed by atoms with E-state index in [1.807, 2.05) is 31.2 Å². The van der Waals surface area contributed by atoms with Crippen molar-refractivity contribution >= 4 is 0 Å². The van der Waals surface area contributed by atoms with Gasteiger partial charge < -0.3 is 4.74 Å². The van der Waals surface area contributed by atoms with E-state index in [9.17, 15) is 4.79 Å². The maximum atomic E-state index is 12.4. The number of benzene rings is 2. The summed E-state index contributed by atoms with van der Waals surface area (Å²) < 4.78 is 7.62. The zero-order valence-corrected chi connectivity index (χ0v) is 11.7. The number of aromatic nitrogens is 4. The van der Waals surface area contributed by atoms with E-state index in [2.05, 4.69) is 10.4 Å². The maximum absolute atomic E-state index is 12.4. The maximum Gasteiger partial charge on any atom is 0.373 e. The second-order valence-corrected chi connectivity index (χ2v) is 4.62. The quantitative estimate of drug-likeness (QED) is 0.734. The van der Waals surface area contributed by atoms with Crippen molar-refractivity contribution < 1.29 is 4.74 Å². The standard InChI is InChI=1S/C15H14N4O2/c1-11-4-3-5-13(10-11)19-15(20)18(16-17-19)12-6-8-14(21-2)9-7-12/h3-10H,1-2H3. The van der Waals surface area contributed by atoms with E-state index in [4.69, 9.17) is 4.74 Å². The molecule has 0 amide bonds. The first-order valence-corrected chi connectivity index (χ1v) is 6.45. The summed E-state index contributed by atoms with van der Waals surface area (Å²) in [5, 5.41) is 7.86. The molecule has 3 rings (SSSR count). The first-order valence-electron chi connectivity index (χ1n) is 6.45. The molecule has 106 valence electrons. The van der Waals surface area contributed by atoms with E-state index >= 15 is 0 Å². The molecule has 0 N–H and O–H groups in total. The first kappa shape index (κ1) is 13.1. The van der Waals surface area contributed by atoms with E-state index in [0.29, 0.717) is 11.4 Å². The lowest BCUT2D eigenvalue weighted by atomic mass is 10.2. The summed E-state index contributed by atoms with van der Waals surface area (Å²) in [6, 6.07) is 14.6. The Labute approximate surface area is 121 Å². The van der Waals surface area contributed by atoms with Crippen LogP contribution in [0, 0.1) is 6.92 Å². The molecule has 2 aromatic carbocycles. The van der Waals surface area contributed by atoms with Crippen molar-refractivity contribution in [3.05, 3.63) is 64.6 Å². The molecule has 0 spiro atoms. The number of hydrogen-bond acceptors (Lipinski definition) is 4.